The first kappa shape index (κ1) is 31.0. The monoisotopic (exact) mass is 575 g/mol. The van der Waals surface area contributed by atoms with Gasteiger partial charge >= 0.3 is 22.5 Å². The molecule has 0 aliphatic rings. The number of carbonyl (C=O) groups is 2. The number of carboxylic acid groups (broad SMARTS) is 1. The third kappa shape index (κ3) is 11.3. The summed E-state index contributed by atoms with van der Waals surface area (Å²) in [6.07, 6.45) is 0.403. The second-order valence-electron chi connectivity index (χ2n) is 7.99. The molecule has 12 nitrogen and oxygen atoms in total. The molecular weight excluding hydrogens is 546 g/mol. The number of nitrogens with one attached hydrogen (secondary N) is 3. The summed E-state index contributed by atoms with van der Waals surface area (Å²) in [5, 5.41) is 14.5. The Hall–Kier alpha value is -4.27. The lowest BCUT2D eigenvalue weighted by atomic mass is 10.0. The van der Waals surface area contributed by atoms with E-state index >= 15 is 0 Å². The summed E-state index contributed by atoms with van der Waals surface area (Å²) in [5.74, 6) is -1.23. The van der Waals surface area contributed by atoms with Gasteiger partial charge in [-0.05, 0) is 60.5 Å². The number of carbonyl (C=O) groups excluding carboxylic acids is 1. The van der Waals surface area contributed by atoms with Crippen LogP contribution < -0.4 is 21.1 Å². The van der Waals surface area contributed by atoms with Crippen LogP contribution in [0.25, 0.3) is 0 Å². The van der Waals surface area contributed by atoms with Gasteiger partial charge in [-0.25, -0.2) is 17.9 Å². The number of nitrogen functional groups attached to an aromatic ring is 1. The van der Waals surface area contributed by atoms with Crippen LogP contribution in [0.4, 0.5) is 21.9 Å². The Kier molecular flexibility index (Phi) is 12.1. The molecule has 2 amide bonds. The van der Waals surface area contributed by atoms with E-state index < -0.39 is 39.0 Å². The maximum Gasteiger partial charge on any atom is 0.319 e. The number of carboxylic acids is 1. The van der Waals surface area contributed by atoms with Crippen molar-refractivity contribution in [1.29, 1.82) is 0 Å². The van der Waals surface area contributed by atoms with E-state index in [-0.39, 0.29) is 22.2 Å². The molecule has 1 unspecified atom stereocenters. The van der Waals surface area contributed by atoms with Crippen LogP contribution in [0.3, 0.4) is 0 Å². The zero-order valence-electron chi connectivity index (χ0n) is 20.9. The number of rotatable bonds is 10. The number of amides is 2. The minimum absolute atomic E-state index is 0.0536. The van der Waals surface area contributed by atoms with Crippen molar-refractivity contribution in [2.24, 2.45) is 4.36 Å². The van der Waals surface area contributed by atoms with E-state index in [0.717, 1.165) is 12.1 Å². The molecule has 0 spiro atoms. The Morgan fingerprint density at radius 1 is 1.00 bits per heavy atom. The maximum atomic E-state index is 12.5. The molecule has 0 saturated carbocycles. The van der Waals surface area contributed by atoms with E-state index in [4.69, 9.17) is 10.8 Å². The molecule has 3 aromatic rings. The molecule has 14 heteroatoms. The first-order valence-corrected chi connectivity index (χ1v) is 14.1. The number of para-hydroxylation sites is 1. The van der Waals surface area contributed by atoms with Gasteiger partial charge in [-0.1, -0.05) is 37.3 Å². The lowest BCUT2D eigenvalue weighted by Gasteiger charge is -2.18. The smallest absolute Gasteiger partial charge is 0.319 e. The average Bonchev–Trinajstić information content (AvgIpc) is 2.88. The summed E-state index contributed by atoms with van der Waals surface area (Å²) in [6.45, 7) is 2.72. The quantitative estimate of drug-likeness (QED) is 0.226. The summed E-state index contributed by atoms with van der Waals surface area (Å²) in [5.41, 5.74) is 7.04. The number of sulfonamides is 1. The van der Waals surface area contributed by atoms with Gasteiger partial charge in [-0.3, -0.25) is 4.79 Å². The summed E-state index contributed by atoms with van der Waals surface area (Å²) in [6, 6.07) is 19.1. The molecule has 0 saturated heterocycles. The fraction of sp³-hybridized carbons (Fsp3) is 0.200. The van der Waals surface area contributed by atoms with Crippen molar-refractivity contribution < 1.29 is 31.5 Å². The topological polar surface area (TPSA) is 197 Å². The molecule has 39 heavy (non-hydrogen) atoms. The van der Waals surface area contributed by atoms with Gasteiger partial charge in [0.1, 0.15) is 0 Å². The lowest BCUT2D eigenvalue weighted by molar-refractivity contribution is -0.137. The number of hydrogen-bond donors (Lipinski definition) is 5. The van der Waals surface area contributed by atoms with Crippen LogP contribution in [-0.2, 0) is 25.3 Å². The van der Waals surface area contributed by atoms with Gasteiger partial charge in [0.25, 0.3) is 0 Å². The molecule has 0 aliphatic carbocycles. The van der Waals surface area contributed by atoms with Crippen LogP contribution in [0.5, 0.6) is 0 Å². The number of urea groups is 1. The minimum atomic E-state index is -4.03. The molecule has 0 bridgehead atoms. The van der Waals surface area contributed by atoms with Crippen molar-refractivity contribution in [3.8, 4) is 0 Å². The number of benzene rings is 3. The summed E-state index contributed by atoms with van der Waals surface area (Å²) in [7, 11) is -6.72. The normalized spacial score (nSPS) is 11.3. The number of nitrogens with two attached hydrogens (primary N) is 1. The van der Waals surface area contributed by atoms with Crippen LogP contribution in [-0.4, -0.2) is 40.5 Å². The van der Waals surface area contributed by atoms with Crippen molar-refractivity contribution in [1.82, 2.24) is 10.0 Å². The predicted molar refractivity (Wildman–Crippen MR) is 147 cm³/mol. The van der Waals surface area contributed by atoms with Gasteiger partial charge in [-0.15, -0.1) is 4.36 Å². The van der Waals surface area contributed by atoms with Gasteiger partial charge < -0.3 is 21.5 Å². The first-order chi connectivity index (χ1) is 18.5. The van der Waals surface area contributed by atoms with Crippen molar-refractivity contribution in [3.63, 3.8) is 0 Å². The number of hydrogen-bond acceptors (Lipinski definition) is 8. The number of anilines is 2. The Morgan fingerprint density at radius 2 is 1.67 bits per heavy atom. The van der Waals surface area contributed by atoms with Crippen LogP contribution in [0.15, 0.2) is 88.1 Å². The molecule has 0 heterocycles. The Morgan fingerprint density at radius 3 is 2.26 bits per heavy atom. The van der Waals surface area contributed by atoms with Crippen molar-refractivity contribution in [2.75, 3.05) is 17.6 Å². The number of aliphatic carboxylic acids is 1. The van der Waals surface area contributed by atoms with Crippen molar-refractivity contribution in [3.05, 3.63) is 84.4 Å². The highest BCUT2D eigenvalue weighted by atomic mass is 32.2. The van der Waals surface area contributed by atoms with Crippen molar-refractivity contribution >= 4 is 49.6 Å². The Labute approximate surface area is 228 Å². The summed E-state index contributed by atoms with van der Waals surface area (Å²) < 4.78 is 52.0. The van der Waals surface area contributed by atoms with Crippen molar-refractivity contribution in [2.45, 2.75) is 30.7 Å². The van der Waals surface area contributed by atoms with Crippen LogP contribution in [0, 0.1) is 0 Å². The van der Waals surface area contributed by atoms with Crippen LogP contribution in [0.1, 0.15) is 31.4 Å². The van der Waals surface area contributed by atoms with E-state index in [2.05, 4.69) is 19.7 Å². The molecule has 0 aliphatic heterocycles. The van der Waals surface area contributed by atoms with Crippen LogP contribution >= 0.6 is 0 Å². The average molecular weight is 576 g/mol. The zero-order chi connectivity index (χ0) is 28.8. The molecule has 0 radical (unpaired) electrons. The molecule has 3 rings (SSSR count). The molecule has 3 aromatic carbocycles. The largest absolute Gasteiger partial charge is 0.481 e. The van der Waals surface area contributed by atoms with Gasteiger partial charge in [0.15, 0.2) is 0 Å². The Balaban J connectivity index is 0.000000344. The molecule has 0 aromatic heterocycles. The molecule has 6 N–H and O–H groups in total. The van der Waals surface area contributed by atoms with Crippen LogP contribution in [0.2, 0.25) is 0 Å². The lowest BCUT2D eigenvalue weighted by Crippen LogP contribution is -2.30. The van der Waals surface area contributed by atoms with E-state index in [1.165, 1.54) is 48.5 Å². The molecular formula is C25H29N5O7S2. The second kappa shape index (κ2) is 15.2. The highest BCUT2D eigenvalue weighted by Crippen LogP contribution is 2.24. The molecule has 1 atom stereocenters. The standard InChI is InChI=1S/C15H15N3O6S2.C10H14N2O/c16-11-4-6-13(7-5-11)26(23,24)18-14(9-15(19)20)10-2-1-3-12(8-10)17-25(21)22;1-2-8-11-10(13)12-9-6-4-3-5-7-9/h1-8,14,18H,9,16H2,(H,19,20);3-7H,2,8H2,1H3,(H2,11,12,13). The second-order valence-corrected chi connectivity index (χ2v) is 10.3. The maximum absolute atomic E-state index is 12.5. The summed E-state index contributed by atoms with van der Waals surface area (Å²) >= 11 is 0. The minimum Gasteiger partial charge on any atom is -0.481 e. The predicted octanol–water partition coefficient (Wildman–Crippen LogP) is 3.68. The molecule has 208 valence electrons. The molecule has 0 fully saturated rings. The van der Waals surface area contributed by atoms with Gasteiger partial charge in [0.05, 0.1) is 23.0 Å². The van der Waals surface area contributed by atoms with Gasteiger partial charge in [0, 0.05) is 17.9 Å². The fourth-order valence-corrected chi connectivity index (χ4v) is 4.63. The fourth-order valence-electron chi connectivity index (χ4n) is 3.12. The van der Waals surface area contributed by atoms with E-state index in [0.29, 0.717) is 12.2 Å². The zero-order valence-corrected chi connectivity index (χ0v) is 22.6. The van der Waals surface area contributed by atoms with E-state index in [9.17, 15) is 26.4 Å². The van der Waals surface area contributed by atoms with E-state index in [1.807, 2.05) is 37.3 Å². The SMILES string of the molecule is CCCNC(=O)Nc1ccccc1.Nc1ccc(S(=O)(=O)NC(CC(=O)O)c2cccc(N=S(=O)=O)c2)cc1. The third-order valence-corrected chi connectivity index (χ3v) is 6.73. The highest BCUT2D eigenvalue weighted by molar-refractivity contribution is 7.89. The first-order valence-electron chi connectivity index (χ1n) is 11.6. The number of nitrogens with zero attached hydrogens (tertiary/aromatic N) is 1. The van der Waals surface area contributed by atoms with Gasteiger partial charge in [0.2, 0.25) is 10.0 Å². The Bertz CT molecular complexity index is 1490. The van der Waals surface area contributed by atoms with Gasteiger partial charge in [-0.2, -0.15) is 8.42 Å². The third-order valence-electron chi connectivity index (χ3n) is 4.89. The van der Waals surface area contributed by atoms with E-state index in [1.54, 1.807) is 0 Å². The summed E-state index contributed by atoms with van der Waals surface area (Å²) in [4.78, 5) is 22.2. The highest BCUT2D eigenvalue weighted by Gasteiger charge is 2.24.